The minimum absolute atomic E-state index is 0.0897. The van der Waals surface area contributed by atoms with Crippen LogP contribution >= 0.6 is 15.9 Å². The second kappa shape index (κ2) is 8.97. The maximum Gasteiger partial charge on any atom is 0.223 e. The summed E-state index contributed by atoms with van der Waals surface area (Å²) >= 11 is 3.45. The van der Waals surface area contributed by atoms with Crippen molar-refractivity contribution in [2.45, 2.75) is 46.1 Å². The second-order valence-corrected chi connectivity index (χ2v) is 6.54. The van der Waals surface area contributed by atoms with Crippen molar-refractivity contribution < 1.29 is 4.79 Å². The van der Waals surface area contributed by atoms with E-state index in [1.165, 1.54) is 0 Å². The lowest BCUT2D eigenvalue weighted by molar-refractivity contribution is -0.124. The van der Waals surface area contributed by atoms with E-state index >= 15 is 0 Å². The minimum Gasteiger partial charge on any atom is -0.356 e. The molecule has 5 nitrogen and oxygen atoms in total. The monoisotopic (exact) mass is 392 g/mol. The molecule has 1 aromatic carbocycles. The maximum absolute atomic E-state index is 12.0. The molecule has 0 radical (unpaired) electrons. The highest BCUT2D eigenvalue weighted by molar-refractivity contribution is 9.10. The zero-order chi connectivity index (χ0) is 17.5. The molecule has 1 fully saturated rings. The molecule has 0 saturated heterocycles. The standard InChI is InChI=1S/C16H19BrN4O.C2H6/c1-2-18-16(22)12-5-8-14(9-12)21-15(10-19-20-21)11-3-6-13(17)7-4-11;1-2/h3-4,6-7,10,12,14H,2,5,8-9H2,1H3,(H,18,22);1-2H3. The summed E-state index contributed by atoms with van der Waals surface area (Å²) in [4.78, 5) is 12.0. The van der Waals surface area contributed by atoms with E-state index in [2.05, 4.69) is 43.7 Å². The van der Waals surface area contributed by atoms with E-state index in [1.807, 2.05) is 37.6 Å². The number of hydrogen-bond donors (Lipinski definition) is 1. The molecular weight excluding hydrogens is 368 g/mol. The number of halogens is 1. The van der Waals surface area contributed by atoms with Crippen LogP contribution in [0.4, 0.5) is 0 Å². The Labute approximate surface area is 152 Å². The highest BCUT2D eigenvalue weighted by Gasteiger charge is 2.32. The van der Waals surface area contributed by atoms with Crippen molar-refractivity contribution in [1.29, 1.82) is 0 Å². The van der Waals surface area contributed by atoms with Crippen molar-refractivity contribution in [2.75, 3.05) is 6.54 Å². The lowest BCUT2D eigenvalue weighted by Crippen LogP contribution is -2.29. The summed E-state index contributed by atoms with van der Waals surface area (Å²) in [5, 5.41) is 11.2. The highest BCUT2D eigenvalue weighted by atomic mass is 79.9. The first kappa shape index (κ1) is 18.6. The van der Waals surface area contributed by atoms with Crippen LogP contribution in [0.3, 0.4) is 0 Å². The van der Waals surface area contributed by atoms with Crippen molar-refractivity contribution in [3.05, 3.63) is 34.9 Å². The SMILES string of the molecule is CC.CCNC(=O)C1CCC(n2nncc2-c2ccc(Br)cc2)C1. The van der Waals surface area contributed by atoms with Crippen LogP contribution in [-0.4, -0.2) is 27.4 Å². The number of hydrogen-bond acceptors (Lipinski definition) is 3. The van der Waals surface area contributed by atoms with E-state index < -0.39 is 0 Å². The number of nitrogens with one attached hydrogen (secondary N) is 1. The fourth-order valence-electron chi connectivity index (χ4n) is 3.08. The Morgan fingerprint density at radius 2 is 2.00 bits per heavy atom. The van der Waals surface area contributed by atoms with Gasteiger partial charge in [-0.15, -0.1) is 5.10 Å². The Kier molecular flexibility index (Phi) is 6.97. The predicted molar refractivity (Wildman–Crippen MR) is 99.6 cm³/mol. The van der Waals surface area contributed by atoms with Crippen LogP contribution in [0.5, 0.6) is 0 Å². The topological polar surface area (TPSA) is 59.8 Å². The quantitative estimate of drug-likeness (QED) is 0.847. The van der Waals surface area contributed by atoms with Crippen molar-refractivity contribution >= 4 is 21.8 Å². The van der Waals surface area contributed by atoms with Gasteiger partial charge in [-0.25, -0.2) is 4.68 Å². The first-order chi connectivity index (χ1) is 11.7. The Hall–Kier alpha value is -1.69. The molecule has 24 heavy (non-hydrogen) atoms. The van der Waals surface area contributed by atoms with E-state index in [4.69, 9.17) is 0 Å². The summed E-state index contributed by atoms with van der Waals surface area (Å²) in [6, 6.07) is 8.37. The molecule has 6 heteroatoms. The molecule has 0 spiro atoms. The van der Waals surface area contributed by atoms with Crippen LogP contribution in [0, 0.1) is 5.92 Å². The molecule has 130 valence electrons. The molecule has 1 N–H and O–H groups in total. The molecule has 2 unspecified atom stereocenters. The molecule has 1 aliphatic rings. The molecular formula is C18H25BrN4O. The first-order valence-corrected chi connectivity index (χ1v) is 9.42. The van der Waals surface area contributed by atoms with Gasteiger partial charge in [-0.2, -0.15) is 0 Å². The van der Waals surface area contributed by atoms with Crippen LogP contribution in [0.25, 0.3) is 11.3 Å². The fourth-order valence-corrected chi connectivity index (χ4v) is 3.34. The first-order valence-electron chi connectivity index (χ1n) is 8.63. The summed E-state index contributed by atoms with van der Waals surface area (Å²) < 4.78 is 3.02. The third-order valence-corrected chi connectivity index (χ3v) is 4.72. The van der Waals surface area contributed by atoms with Gasteiger partial charge in [-0.05, 0) is 38.3 Å². The summed E-state index contributed by atoms with van der Waals surface area (Å²) in [5.74, 6) is 0.252. The van der Waals surface area contributed by atoms with Crippen LogP contribution in [-0.2, 0) is 4.79 Å². The van der Waals surface area contributed by atoms with E-state index in [0.29, 0.717) is 6.54 Å². The van der Waals surface area contributed by atoms with E-state index in [-0.39, 0.29) is 17.9 Å². The number of carbonyl (C=O) groups is 1. The number of carbonyl (C=O) groups excluding carboxylic acids is 1. The van der Waals surface area contributed by atoms with Crippen LogP contribution in [0.1, 0.15) is 46.1 Å². The fraction of sp³-hybridized carbons (Fsp3) is 0.500. The average Bonchev–Trinajstić information content (AvgIpc) is 3.27. The molecule has 0 aliphatic heterocycles. The zero-order valence-corrected chi connectivity index (χ0v) is 16.1. The smallest absolute Gasteiger partial charge is 0.223 e. The summed E-state index contributed by atoms with van der Waals surface area (Å²) in [7, 11) is 0. The molecule has 1 heterocycles. The molecule has 1 saturated carbocycles. The molecule has 1 aliphatic carbocycles. The van der Waals surface area contributed by atoms with Crippen LogP contribution < -0.4 is 5.32 Å². The van der Waals surface area contributed by atoms with Crippen molar-refractivity contribution in [1.82, 2.24) is 20.3 Å². The van der Waals surface area contributed by atoms with Gasteiger partial charge in [-0.3, -0.25) is 4.79 Å². The third-order valence-electron chi connectivity index (χ3n) is 4.19. The molecule has 1 aromatic heterocycles. The average molecular weight is 393 g/mol. The number of amides is 1. The highest BCUT2D eigenvalue weighted by Crippen LogP contribution is 2.36. The maximum atomic E-state index is 12.0. The van der Waals surface area contributed by atoms with Gasteiger partial charge in [0.1, 0.15) is 0 Å². The van der Waals surface area contributed by atoms with Gasteiger partial charge >= 0.3 is 0 Å². The predicted octanol–water partition coefficient (Wildman–Crippen LogP) is 4.21. The molecule has 1 amide bonds. The Bertz CT molecular complexity index is 653. The van der Waals surface area contributed by atoms with Crippen molar-refractivity contribution in [3.63, 3.8) is 0 Å². The Morgan fingerprint density at radius 1 is 1.29 bits per heavy atom. The summed E-state index contributed by atoms with van der Waals surface area (Å²) in [6.45, 7) is 6.64. The Balaban J connectivity index is 0.00000100. The van der Waals surface area contributed by atoms with Gasteiger partial charge in [0.25, 0.3) is 0 Å². The molecule has 2 atom stereocenters. The van der Waals surface area contributed by atoms with Gasteiger partial charge in [-0.1, -0.05) is 47.1 Å². The van der Waals surface area contributed by atoms with Crippen LogP contribution in [0.2, 0.25) is 0 Å². The van der Waals surface area contributed by atoms with E-state index in [9.17, 15) is 4.79 Å². The van der Waals surface area contributed by atoms with Gasteiger partial charge in [0, 0.05) is 22.5 Å². The second-order valence-electron chi connectivity index (χ2n) is 5.63. The van der Waals surface area contributed by atoms with E-state index in [0.717, 1.165) is 35.0 Å². The lowest BCUT2D eigenvalue weighted by atomic mass is 10.1. The van der Waals surface area contributed by atoms with Gasteiger partial charge < -0.3 is 5.32 Å². The number of aromatic nitrogens is 3. The summed E-state index contributed by atoms with van der Waals surface area (Å²) in [5.41, 5.74) is 2.10. The van der Waals surface area contributed by atoms with E-state index in [1.54, 1.807) is 6.20 Å². The van der Waals surface area contributed by atoms with Crippen molar-refractivity contribution in [3.8, 4) is 11.3 Å². The Morgan fingerprint density at radius 3 is 2.67 bits per heavy atom. The minimum atomic E-state index is 0.0897. The number of nitrogens with zero attached hydrogens (tertiary/aromatic N) is 3. The third kappa shape index (κ3) is 4.23. The molecule has 3 rings (SSSR count). The normalized spacial score (nSPS) is 19.5. The summed E-state index contributed by atoms with van der Waals surface area (Å²) in [6.07, 6.45) is 4.51. The van der Waals surface area contributed by atoms with Gasteiger partial charge in [0.15, 0.2) is 0 Å². The lowest BCUT2D eigenvalue weighted by Gasteiger charge is -2.14. The zero-order valence-electron chi connectivity index (χ0n) is 14.5. The van der Waals surface area contributed by atoms with Crippen LogP contribution in [0.15, 0.2) is 34.9 Å². The number of benzene rings is 1. The largest absolute Gasteiger partial charge is 0.356 e. The molecule has 2 aromatic rings. The van der Waals surface area contributed by atoms with Crippen molar-refractivity contribution in [2.24, 2.45) is 5.92 Å². The van der Waals surface area contributed by atoms with Gasteiger partial charge in [0.05, 0.1) is 17.9 Å². The van der Waals surface area contributed by atoms with Gasteiger partial charge in [0.2, 0.25) is 5.91 Å². The number of rotatable bonds is 4. The molecule has 0 bridgehead atoms.